The first-order valence-electron chi connectivity index (χ1n) is 17.3. The van der Waals surface area contributed by atoms with Crippen molar-refractivity contribution in [3.05, 3.63) is 11.6 Å². The number of nitrogens with zero attached hydrogens (tertiary/aromatic N) is 1. The van der Waals surface area contributed by atoms with Gasteiger partial charge in [-0.15, -0.1) is 0 Å². The van der Waals surface area contributed by atoms with Crippen molar-refractivity contribution in [3.63, 3.8) is 0 Å². The minimum absolute atomic E-state index is 0.0460. The second kappa shape index (κ2) is 10.0. The number of nitrogens with one attached hydrogen (secondary N) is 1. The molecule has 0 spiro atoms. The topological polar surface area (TPSA) is 66.5 Å². The molecular formula is C37H58N2O3. The number of carbonyl (C=O) groups is 3. The van der Waals surface area contributed by atoms with Crippen molar-refractivity contribution in [2.24, 2.45) is 56.2 Å². The molecule has 5 nitrogen and oxygen atoms in total. The van der Waals surface area contributed by atoms with Crippen LogP contribution >= 0.6 is 0 Å². The van der Waals surface area contributed by atoms with E-state index in [1.54, 1.807) is 5.57 Å². The number of Topliss-reactive ketones (excluding diaryl/α,β-unsaturated/α-hetero) is 1. The van der Waals surface area contributed by atoms with Crippen LogP contribution in [0.1, 0.15) is 119 Å². The molecule has 5 heteroatoms. The number of hydrogen-bond acceptors (Lipinski definition) is 4. The van der Waals surface area contributed by atoms with Crippen LogP contribution in [0.5, 0.6) is 0 Å². The maximum Gasteiger partial charge on any atom is 0.230 e. The summed E-state index contributed by atoms with van der Waals surface area (Å²) in [4.78, 5) is 42.9. The number of hydrogen-bond donors (Lipinski definition) is 1. The van der Waals surface area contributed by atoms with Gasteiger partial charge in [-0.05, 0) is 123 Å². The SMILES string of the molecule is CC1(C)CC[C@]2(C=O)CC[C@]3(C)C(=CCC4[C@@]5(C)CC(C(=O)NCCN6CCCC6)C(=O)C(C)(C)C5CC[C@]43C)C2C1. The van der Waals surface area contributed by atoms with E-state index < -0.39 is 11.3 Å². The molecule has 1 saturated heterocycles. The van der Waals surface area contributed by atoms with Gasteiger partial charge >= 0.3 is 0 Å². The quantitative estimate of drug-likeness (QED) is 0.217. The normalized spacial score (nSPS) is 46.0. The Morgan fingerprint density at radius 3 is 2.33 bits per heavy atom. The molecule has 0 bridgehead atoms. The first-order valence-corrected chi connectivity index (χ1v) is 17.3. The fourth-order valence-corrected chi connectivity index (χ4v) is 12.2. The fraction of sp³-hybridized carbons (Fsp3) is 0.865. The lowest BCUT2D eigenvalue weighted by Crippen LogP contribution is -2.66. The Morgan fingerprint density at radius 2 is 1.64 bits per heavy atom. The van der Waals surface area contributed by atoms with Crippen molar-refractivity contribution in [1.82, 2.24) is 10.2 Å². The zero-order chi connectivity index (χ0) is 30.3. The molecule has 42 heavy (non-hydrogen) atoms. The van der Waals surface area contributed by atoms with Crippen LogP contribution in [-0.2, 0) is 14.4 Å². The van der Waals surface area contributed by atoms with Crippen molar-refractivity contribution >= 4 is 18.0 Å². The number of rotatable bonds is 5. The van der Waals surface area contributed by atoms with Crippen molar-refractivity contribution in [3.8, 4) is 0 Å². The van der Waals surface area contributed by atoms with Gasteiger partial charge in [-0.3, -0.25) is 9.59 Å². The van der Waals surface area contributed by atoms with Crippen molar-refractivity contribution in [1.29, 1.82) is 0 Å². The zero-order valence-electron chi connectivity index (χ0n) is 27.7. The van der Waals surface area contributed by atoms with E-state index in [0.29, 0.717) is 24.8 Å². The third-order valence-electron chi connectivity index (χ3n) is 14.9. The van der Waals surface area contributed by atoms with Crippen LogP contribution in [0.4, 0.5) is 0 Å². The molecule has 0 aromatic carbocycles. The van der Waals surface area contributed by atoms with Gasteiger partial charge in [-0.25, -0.2) is 0 Å². The predicted octanol–water partition coefficient (Wildman–Crippen LogP) is 6.99. The van der Waals surface area contributed by atoms with Gasteiger partial charge in [0.25, 0.3) is 0 Å². The highest BCUT2D eigenvalue weighted by Crippen LogP contribution is 2.75. The standard InChI is InChI=1S/C37H58N2O3/c1-32(2)14-16-37(24-40)17-15-35(6)26(27(37)23-32)10-11-29-34(5)22-25(31(42)38-18-21-39-19-8-9-20-39)30(41)33(3,4)28(34)12-13-36(29,35)7/h10,24-25,27-29H,8-9,11-23H2,1-7H3,(H,38,42)/t25?,27?,28?,29?,34-,35+,36+,37+/m0/s1. The lowest BCUT2D eigenvalue weighted by Gasteiger charge is -2.71. The van der Waals surface area contributed by atoms with E-state index in [9.17, 15) is 14.4 Å². The molecule has 234 valence electrons. The Bertz CT molecular complexity index is 1170. The highest BCUT2D eigenvalue weighted by molar-refractivity contribution is 6.04. The van der Waals surface area contributed by atoms with Crippen LogP contribution in [-0.4, -0.2) is 49.1 Å². The number of ketones is 1. The summed E-state index contributed by atoms with van der Waals surface area (Å²) in [6, 6.07) is 0. The molecular weight excluding hydrogens is 520 g/mol. The predicted molar refractivity (Wildman–Crippen MR) is 168 cm³/mol. The Kier molecular flexibility index (Phi) is 7.28. The van der Waals surface area contributed by atoms with Gasteiger partial charge in [0.1, 0.15) is 6.29 Å². The summed E-state index contributed by atoms with van der Waals surface area (Å²) < 4.78 is 0. The Morgan fingerprint density at radius 1 is 0.952 bits per heavy atom. The average molecular weight is 579 g/mol. The molecule has 4 saturated carbocycles. The van der Waals surface area contributed by atoms with Crippen LogP contribution in [0.2, 0.25) is 0 Å². The maximum absolute atomic E-state index is 14.0. The zero-order valence-corrected chi connectivity index (χ0v) is 27.7. The van der Waals surface area contributed by atoms with Gasteiger partial charge in [-0.2, -0.15) is 0 Å². The summed E-state index contributed by atoms with van der Waals surface area (Å²) in [6.07, 6.45) is 15.6. The highest BCUT2D eigenvalue weighted by Gasteiger charge is 2.69. The summed E-state index contributed by atoms with van der Waals surface area (Å²) in [7, 11) is 0. The minimum atomic E-state index is -0.562. The summed E-state index contributed by atoms with van der Waals surface area (Å²) >= 11 is 0. The van der Waals surface area contributed by atoms with E-state index in [4.69, 9.17) is 0 Å². The second-order valence-corrected chi connectivity index (χ2v) is 17.7. The van der Waals surface area contributed by atoms with Crippen LogP contribution in [0.25, 0.3) is 0 Å². The summed E-state index contributed by atoms with van der Waals surface area (Å²) in [5, 5.41) is 3.20. The molecule has 0 aromatic heterocycles. The molecule has 6 aliphatic rings. The van der Waals surface area contributed by atoms with Gasteiger partial charge < -0.3 is 15.0 Å². The Hall–Kier alpha value is -1.49. The van der Waals surface area contributed by atoms with Crippen LogP contribution in [0, 0.1) is 56.2 Å². The molecule has 5 aliphatic carbocycles. The monoisotopic (exact) mass is 578 g/mol. The Labute approximate surface area is 255 Å². The number of likely N-dealkylation sites (tertiary alicyclic amines) is 1. The number of amides is 1. The molecule has 4 unspecified atom stereocenters. The lowest BCUT2D eigenvalue weighted by molar-refractivity contribution is -0.192. The molecule has 1 heterocycles. The molecule has 8 atom stereocenters. The number of carbonyl (C=O) groups excluding carboxylic acids is 3. The first-order chi connectivity index (χ1) is 19.6. The summed E-state index contributed by atoms with van der Waals surface area (Å²) in [6.45, 7) is 20.3. The van der Waals surface area contributed by atoms with E-state index >= 15 is 0 Å². The van der Waals surface area contributed by atoms with Gasteiger partial charge in [-0.1, -0.05) is 60.1 Å². The lowest BCUT2D eigenvalue weighted by atomic mass is 9.33. The maximum atomic E-state index is 14.0. The van der Waals surface area contributed by atoms with E-state index in [-0.39, 0.29) is 44.7 Å². The molecule has 1 N–H and O–H groups in total. The molecule has 0 radical (unpaired) electrons. The fourth-order valence-electron chi connectivity index (χ4n) is 12.2. The van der Waals surface area contributed by atoms with Gasteiger partial charge in [0.05, 0.1) is 5.92 Å². The van der Waals surface area contributed by atoms with Gasteiger partial charge in [0, 0.05) is 23.9 Å². The largest absolute Gasteiger partial charge is 0.354 e. The van der Waals surface area contributed by atoms with E-state index in [1.807, 2.05) is 0 Å². The third kappa shape index (κ3) is 4.28. The highest BCUT2D eigenvalue weighted by atomic mass is 16.2. The number of allylic oxidation sites excluding steroid dienone is 2. The Balaban J connectivity index is 1.31. The second-order valence-electron chi connectivity index (χ2n) is 17.7. The van der Waals surface area contributed by atoms with Crippen molar-refractivity contribution < 1.29 is 14.4 Å². The van der Waals surface area contributed by atoms with E-state index in [1.165, 1.54) is 19.1 Å². The van der Waals surface area contributed by atoms with Crippen LogP contribution in [0.3, 0.4) is 0 Å². The minimum Gasteiger partial charge on any atom is -0.354 e. The van der Waals surface area contributed by atoms with Crippen LogP contribution < -0.4 is 5.32 Å². The van der Waals surface area contributed by atoms with E-state index in [0.717, 1.165) is 71.0 Å². The molecule has 1 aliphatic heterocycles. The molecule has 0 aromatic rings. The number of aldehydes is 1. The van der Waals surface area contributed by atoms with Crippen molar-refractivity contribution in [2.45, 2.75) is 119 Å². The van der Waals surface area contributed by atoms with Gasteiger partial charge in [0.15, 0.2) is 5.78 Å². The summed E-state index contributed by atoms with van der Waals surface area (Å²) in [5.74, 6) is 0.603. The number of fused-ring (bicyclic) bond motifs is 7. The third-order valence-corrected chi connectivity index (χ3v) is 14.9. The average Bonchev–Trinajstić information content (AvgIpc) is 3.44. The molecule has 1 amide bonds. The summed E-state index contributed by atoms with van der Waals surface area (Å²) in [5.41, 5.74) is 1.19. The first kappa shape index (κ1) is 30.5. The van der Waals surface area contributed by atoms with Gasteiger partial charge in [0.2, 0.25) is 5.91 Å². The van der Waals surface area contributed by atoms with Crippen LogP contribution in [0.15, 0.2) is 11.6 Å². The van der Waals surface area contributed by atoms with E-state index in [2.05, 4.69) is 64.8 Å². The smallest absolute Gasteiger partial charge is 0.230 e. The molecule has 6 rings (SSSR count). The van der Waals surface area contributed by atoms with Crippen molar-refractivity contribution in [2.75, 3.05) is 26.2 Å². The molecule has 5 fully saturated rings.